The zero-order valence-corrected chi connectivity index (χ0v) is 15.3. The Hall–Kier alpha value is -2.42. The highest BCUT2D eigenvalue weighted by molar-refractivity contribution is 7.91. The van der Waals surface area contributed by atoms with Gasteiger partial charge in [-0.3, -0.25) is 14.9 Å². The van der Waals surface area contributed by atoms with E-state index in [-0.39, 0.29) is 23.8 Å². The zero-order valence-electron chi connectivity index (χ0n) is 14.4. The molecule has 0 spiro atoms. The van der Waals surface area contributed by atoms with Crippen molar-refractivity contribution < 1.29 is 27.5 Å². The summed E-state index contributed by atoms with van der Waals surface area (Å²) in [5.74, 6) is -1.74. The molecule has 2 atom stereocenters. The molecule has 142 valence electrons. The van der Waals surface area contributed by atoms with Gasteiger partial charge in [-0.25, -0.2) is 13.2 Å². The van der Waals surface area contributed by atoms with Crippen LogP contribution in [0.2, 0.25) is 0 Å². The van der Waals surface area contributed by atoms with Crippen molar-refractivity contribution in [3.8, 4) is 0 Å². The highest BCUT2D eigenvalue weighted by Crippen LogP contribution is 2.24. The quantitative estimate of drug-likeness (QED) is 0.707. The first kappa shape index (κ1) is 19.9. The molecule has 0 unspecified atom stereocenters. The Kier molecular flexibility index (Phi) is 6.73. The van der Waals surface area contributed by atoms with Crippen molar-refractivity contribution in [2.24, 2.45) is 5.92 Å². The second-order valence-corrected chi connectivity index (χ2v) is 8.33. The highest BCUT2D eigenvalue weighted by atomic mass is 32.2. The van der Waals surface area contributed by atoms with Gasteiger partial charge in [-0.15, -0.1) is 0 Å². The molecule has 0 saturated carbocycles. The Bertz CT molecular complexity index is 763. The van der Waals surface area contributed by atoms with Crippen LogP contribution in [0.1, 0.15) is 31.4 Å². The summed E-state index contributed by atoms with van der Waals surface area (Å²) in [6.07, 6.45) is -0.973. The molecule has 0 radical (unpaired) electrons. The van der Waals surface area contributed by atoms with Crippen LogP contribution in [-0.2, 0) is 24.2 Å². The van der Waals surface area contributed by atoms with Gasteiger partial charge in [-0.2, -0.15) is 0 Å². The Labute approximate surface area is 152 Å². The molecule has 2 rings (SSSR count). The minimum Gasteiger partial charge on any atom is -0.447 e. The van der Waals surface area contributed by atoms with Gasteiger partial charge in [0, 0.05) is 18.5 Å². The van der Waals surface area contributed by atoms with Crippen LogP contribution in [0.25, 0.3) is 0 Å². The van der Waals surface area contributed by atoms with Crippen molar-refractivity contribution in [3.63, 3.8) is 0 Å². The Morgan fingerprint density at radius 3 is 2.50 bits per heavy atom. The molecule has 0 bridgehead atoms. The van der Waals surface area contributed by atoms with Gasteiger partial charge in [-0.05, 0) is 19.3 Å². The van der Waals surface area contributed by atoms with Crippen LogP contribution < -0.4 is 10.6 Å². The first-order valence-electron chi connectivity index (χ1n) is 8.34. The number of nitrogens with one attached hydrogen (secondary N) is 2. The first-order chi connectivity index (χ1) is 12.3. The highest BCUT2D eigenvalue weighted by Gasteiger charge is 2.32. The van der Waals surface area contributed by atoms with Crippen LogP contribution in [0, 0.1) is 5.92 Å². The second kappa shape index (κ2) is 8.79. The molecule has 1 aromatic rings. The number of esters is 1. The molecule has 0 aromatic heterocycles. The summed E-state index contributed by atoms with van der Waals surface area (Å²) in [4.78, 5) is 36.1. The third-order valence-electron chi connectivity index (χ3n) is 3.95. The van der Waals surface area contributed by atoms with E-state index in [1.807, 2.05) is 0 Å². The summed E-state index contributed by atoms with van der Waals surface area (Å²) in [5, 5.41) is 4.56. The molecule has 26 heavy (non-hydrogen) atoms. The average molecular weight is 382 g/mol. The number of benzene rings is 1. The molecular weight excluding hydrogens is 360 g/mol. The van der Waals surface area contributed by atoms with Crippen LogP contribution in [0.4, 0.5) is 4.79 Å². The Morgan fingerprint density at radius 2 is 1.92 bits per heavy atom. The number of carbonyl (C=O) groups excluding carboxylic acids is 3. The molecule has 1 fully saturated rings. The Morgan fingerprint density at radius 1 is 1.23 bits per heavy atom. The van der Waals surface area contributed by atoms with E-state index in [0.29, 0.717) is 18.5 Å². The fourth-order valence-corrected chi connectivity index (χ4v) is 4.59. The van der Waals surface area contributed by atoms with Crippen molar-refractivity contribution in [2.75, 3.05) is 18.1 Å². The van der Waals surface area contributed by atoms with E-state index in [1.165, 1.54) is 0 Å². The number of ether oxygens (including phenoxy) is 1. The summed E-state index contributed by atoms with van der Waals surface area (Å²) >= 11 is 0. The van der Waals surface area contributed by atoms with Gasteiger partial charge in [0.2, 0.25) is 6.10 Å². The monoisotopic (exact) mass is 382 g/mol. The van der Waals surface area contributed by atoms with Crippen LogP contribution in [0.15, 0.2) is 30.3 Å². The molecule has 0 aliphatic carbocycles. The molecule has 1 aliphatic rings. The van der Waals surface area contributed by atoms with E-state index in [0.717, 1.165) is 0 Å². The maximum atomic E-state index is 12.4. The fraction of sp³-hybridized carbons (Fsp3) is 0.471. The van der Waals surface area contributed by atoms with E-state index in [9.17, 15) is 22.8 Å². The van der Waals surface area contributed by atoms with E-state index in [1.54, 1.807) is 37.3 Å². The lowest BCUT2D eigenvalue weighted by Crippen LogP contribution is -2.42. The van der Waals surface area contributed by atoms with Crippen LogP contribution in [0.5, 0.6) is 0 Å². The van der Waals surface area contributed by atoms with Crippen LogP contribution in [0.3, 0.4) is 0 Å². The van der Waals surface area contributed by atoms with Gasteiger partial charge < -0.3 is 10.1 Å². The van der Waals surface area contributed by atoms with Crippen molar-refractivity contribution in [1.29, 1.82) is 0 Å². The van der Waals surface area contributed by atoms with Gasteiger partial charge >= 0.3 is 12.0 Å². The van der Waals surface area contributed by atoms with E-state index in [2.05, 4.69) is 10.6 Å². The lowest BCUT2D eigenvalue weighted by Gasteiger charge is -2.18. The lowest BCUT2D eigenvalue weighted by atomic mass is 10.1. The summed E-state index contributed by atoms with van der Waals surface area (Å²) < 4.78 is 28.3. The molecule has 3 amide bonds. The normalized spacial score (nSPS) is 19.3. The minimum atomic E-state index is -3.10. The first-order valence-corrected chi connectivity index (χ1v) is 10.2. The lowest BCUT2D eigenvalue weighted by molar-refractivity contribution is -0.156. The number of sulfone groups is 1. The molecule has 2 N–H and O–H groups in total. The smallest absolute Gasteiger partial charge is 0.321 e. The van der Waals surface area contributed by atoms with Crippen LogP contribution in [-0.4, -0.2) is 44.4 Å². The molecular formula is C17H22N2O6S. The number of imide groups is 1. The van der Waals surface area contributed by atoms with Gasteiger partial charge in [0.05, 0.1) is 11.5 Å². The molecule has 8 nitrogen and oxygen atoms in total. The maximum absolute atomic E-state index is 12.4. The van der Waals surface area contributed by atoms with Crippen LogP contribution >= 0.6 is 0 Å². The molecule has 1 heterocycles. The standard InChI is InChI=1S/C17H22N2O6S/c1-2-18-17(22)19-16(21)15(13-6-4-3-5-7-13)25-14(20)10-12-8-9-26(23,24)11-12/h3-7,12,15H,2,8-11H2,1H3,(H2,18,19,21,22)/t12-,15+/m1/s1. The second-order valence-electron chi connectivity index (χ2n) is 6.10. The summed E-state index contributed by atoms with van der Waals surface area (Å²) in [6, 6.07) is 7.63. The largest absolute Gasteiger partial charge is 0.447 e. The zero-order chi connectivity index (χ0) is 19.2. The van der Waals surface area contributed by atoms with E-state index < -0.39 is 33.8 Å². The predicted molar refractivity (Wildman–Crippen MR) is 93.9 cm³/mol. The van der Waals surface area contributed by atoms with E-state index >= 15 is 0 Å². The number of rotatable bonds is 6. The Balaban J connectivity index is 2.05. The van der Waals surface area contributed by atoms with Gasteiger partial charge in [0.25, 0.3) is 5.91 Å². The summed E-state index contributed by atoms with van der Waals surface area (Å²) in [6.45, 7) is 2.04. The molecule has 1 aromatic carbocycles. The third kappa shape index (κ3) is 5.83. The topological polar surface area (TPSA) is 119 Å². The van der Waals surface area contributed by atoms with Crippen molar-refractivity contribution in [2.45, 2.75) is 25.9 Å². The number of hydrogen-bond acceptors (Lipinski definition) is 6. The van der Waals surface area contributed by atoms with Crippen molar-refractivity contribution in [3.05, 3.63) is 35.9 Å². The maximum Gasteiger partial charge on any atom is 0.321 e. The predicted octanol–water partition coefficient (Wildman–Crippen LogP) is 0.941. The number of urea groups is 1. The fourth-order valence-electron chi connectivity index (χ4n) is 2.73. The molecule has 1 saturated heterocycles. The summed E-state index contributed by atoms with van der Waals surface area (Å²) in [5.41, 5.74) is 0.418. The third-order valence-corrected chi connectivity index (χ3v) is 5.78. The molecule has 1 aliphatic heterocycles. The number of hydrogen-bond donors (Lipinski definition) is 2. The number of amides is 3. The van der Waals surface area contributed by atoms with Crippen molar-refractivity contribution in [1.82, 2.24) is 10.6 Å². The van der Waals surface area contributed by atoms with Crippen molar-refractivity contribution >= 4 is 27.7 Å². The van der Waals surface area contributed by atoms with Gasteiger partial charge in [0.15, 0.2) is 9.84 Å². The molecule has 9 heteroatoms. The number of carbonyl (C=O) groups is 3. The minimum absolute atomic E-state index is 0.0524. The SMILES string of the molecule is CCNC(=O)NC(=O)[C@@H](OC(=O)C[C@H]1CCS(=O)(=O)C1)c1ccccc1. The van der Waals surface area contributed by atoms with Gasteiger partial charge in [-0.1, -0.05) is 30.3 Å². The van der Waals surface area contributed by atoms with E-state index in [4.69, 9.17) is 4.74 Å². The average Bonchev–Trinajstić information content (AvgIpc) is 2.92. The summed E-state index contributed by atoms with van der Waals surface area (Å²) in [7, 11) is -3.10. The van der Waals surface area contributed by atoms with Gasteiger partial charge in [0.1, 0.15) is 0 Å².